The maximum atomic E-state index is 12.9. The van der Waals surface area contributed by atoms with Crippen LogP contribution in [0.3, 0.4) is 0 Å². The van der Waals surface area contributed by atoms with Gasteiger partial charge in [-0.05, 0) is 68.4 Å². The molecular formula is C22H25N3O3S2. The quantitative estimate of drug-likeness (QED) is 0.745. The SMILES string of the molecule is CN(C1CCCC1)S(=O)(=O)c1ccc(C(=O)Nc2sc3c(c2C#N)CCCC3)cc1. The molecule has 158 valence electrons. The highest BCUT2D eigenvalue weighted by molar-refractivity contribution is 7.89. The molecule has 1 N–H and O–H groups in total. The summed E-state index contributed by atoms with van der Waals surface area (Å²) in [5, 5.41) is 13.0. The van der Waals surface area contributed by atoms with Crippen molar-refractivity contribution >= 4 is 32.3 Å². The largest absolute Gasteiger partial charge is 0.312 e. The lowest BCUT2D eigenvalue weighted by atomic mass is 9.96. The zero-order chi connectivity index (χ0) is 21.3. The number of rotatable bonds is 5. The summed E-state index contributed by atoms with van der Waals surface area (Å²) in [4.78, 5) is 14.1. The van der Waals surface area contributed by atoms with Gasteiger partial charge in [0.1, 0.15) is 11.1 Å². The van der Waals surface area contributed by atoms with E-state index in [2.05, 4.69) is 11.4 Å². The lowest BCUT2D eigenvalue weighted by Gasteiger charge is -2.23. The number of thiophene rings is 1. The van der Waals surface area contributed by atoms with E-state index in [1.165, 1.54) is 44.8 Å². The van der Waals surface area contributed by atoms with E-state index in [1.54, 1.807) is 7.05 Å². The van der Waals surface area contributed by atoms with Crippen LogP contribution in [0.15, 0.2) is 29.2 Å². The zero-order valence-electron chi connectivity index (χ0n) is 17.0. The Balaban J connectivity index is 1.51. The monoisotopic (exact) mass is 443 g/mol. The first-order chi connectivity index (χ1) is 14.4. The van der Waals surface area contributed by atoms with Gasteiger partial charge in [-0.2, -0.15) is 9.57 Å². The molecule has 2 aliphatic rings. The first kappa shape index (κ1) is 21.0. The number of carbonyl (C=O) groups excluding carboxylic acids is 1. The molecular weight excluding hydrogens is 418 g/mol. The van der Waals surface area contributed by atoms with Crippen LogP contribution in [0.5, 0.6) is 0 Å². The average Bonchev–Trinajstić information content (AvgIpc) is 3.40. The van der Waals surface area contributed by atoms with Crippen LogP contribution < -0.4 is 5.32 Å². The molecule has 2 aromatic rings. The molecule has 0 radical (unpaired) electrons. The third-order valence-corrected chi connectivity index (χ3v) is 9.27. The van der Waals surface area contributed by atoms with Crippen molar-refractivity contribution in [1.29, 1.82) is 5.26 Å². The van der Waals surface area contributed by atoms with E-state index in [0.717, 1.165) is 56.9 Å². The van der Waals surface area contributed by atoms with Crippen LogP contribution in [0.25, 0.3) is 0 Å². The smallest absolute Gasteiger partial charge is 0.256 e. The summed E-state index contributed by atoms with van der Waals surface area (Å²) in [6.45, 7) is 0. The number of carbonyl (C=O) groups is 1. The molecule has 6 nitrogen and oxygen atoms in total. The fraction of sp³-hybridized carbons (Fsp3) is 0.455. The number of nitriles is 1. The summed E-state index contributed by atoms with van der Waals surface area (Å²) in [5.41, 5.74) is 2.01. The lowest BCUT2D eigenvalue weighted by Crippen LogP contribution is -2.35. The van der Waals surface area contributed by atoms with Crippen molar-refractivity contribution in [3.63, 3.8) is 0 Å². The average molecular weight is 444 g/mol. The molecule has 0 unspecified atom stereocenters. The molecule has 1 fully saturated rings. The molecule has 1 heterocycles. The Labute approximate surface area is 181 Å². The van der Waals surface area contributed by atoms with E-state index in [-0.39, 0.29) is 16.8 Å². The van der Waals surface area contributed by atoms with Crippen LogP contribution >= 0.6 is 11.3 Å². The van der Waals surface area contributed by atoms with Gasteiger partial charge in [-0.1, -0.05) is 12.8 Å². The molecule has 0 atom stereocenters. The van der Waals surface area contributed by atoms with Crippen LogP contribution in [0.2, 0.25) is 0 Å². The molecule has 8 heteroatoms. The van der Waals surface area contributed by atoms with Crippen molar-refractivity contribution in [1.82, 2.24) is 4.31 Å². The molecule has 0 spiro atoms. The maximum absolute atomic E-state index is 12.9. The van der Waals surface area contributed by atoms with E-state index in [4.69, 9.17) is 0 Å². The Bertz CT molecular complexity index is 1090. The highest BCUT2D eigenvalue weighted by Crippen LogP contribution is 2.37. The van der Waals surface area contributed by atoms with Gasteiger partial charge < -0.3 is 5.32 Å². The maximum Gasteiger partial charge on any atom is 0.256 e. The number of hydrogen-bond donors (Lipinski definition) is 1. The normalized spacial score (nSPS) is 17.0. The van der Waals surface area contributed by atoms with Crippen LogP contribution in [0.4, 0.5) is 5.00 Å². The molecule has 0 saturated heterocycles. The van der Waals surface area contributed by atoms with Gasteiger partial charge in [0.05, 0.1) is 10.5 Å². The van der Waals surface area contributed by atoms with Crippen molar-refractivity contribution < 1.29 is 13.2 Å². The predicted octanol–water partition coefficient (Wildman–Crippen LogP) is 4.31. The Morgan fingerprint density at radius 1 is 1.13 bits per heavy atom. The molecule has 0 aliphatic heterocycles. The van der Waals surface area contributed by atoms with Crippen molar-refractivity contribution in [2.75, 3.05) is 12.4 Å². The minimum absolute atomic E-state index is 0.0484. The van der Waals surface area contributed by atoms with E-state index in [0.29, 0.717) is 16.1 Å². The molecule has 30 heavy (non-hydrogen) atoms. The molecule has 1 aromatic carbocycles. The van der Waals surface area contributed by atoms with E-state index < -0.39 is 10.0 Å². The van der Waals surface area contributed by atoms with E-state index >= 15 is 0 Å². The number of anilines is 1. The number of sulfonamides is 1. The minimum atomic E-state index is -3.58. The van der Waals surface area contributed by atoms with Gasteiger partial charge >= 0.3 is 0 Å². The number of aryl methyl sites for hydroxylation is 1. The summed E-state index contributed by atoms with van der Waals surface area (Å²) in [6, 6.07) is 8.32. The number of amides is 1. The van der Waals surface area contributed by atoms with Gasteiger partial charge in [0.2, 0.25) is 10.0 Å². The van der Waals surface area contributed by atoms with Crippen LogP contribution in [-0.4, -0.2) is 31.7 Å². The third kappa shape index (κ3) is 3.89. The van der Waals surface area contributed by atoms with Crippen molar-refractivity contribution in [3.8, 4) is 6.07 Å². The lowest BCUT2D eigenvalue weighted by molar-refractivity contribution is 0.102. The van der Waals surface area contributed by atoms with Gasteiger partial charge in [-0.25, -0.2) is 8.42 Å². The molecule has 2 aliphatic carbocycles. The Kier molecular flexibility index (Phi) is 5.96. The Morgan fingerprint density at radius 3 is 2.47 bits per heavy atom. The standard InChI is InChI=1S/C22H25N3O3S2/c1-25(16-6-2-3-7-16)30(27,28)17-12-10-15(11-13-17)21(26)24-22-19(14-23)18-8-4-5-9-20(18)29-22/h10-13,16H,2-9H2,1H3,(H,24,26). The van der Waals surface area contributed by atoms with E-state index in [1.807, 2.05) is 0 Å². The number of nitrogens with one attached hydrogen (secondary N) is 1. The number of fused-ring (bicyclic) bond motifs is 1. The van der Waals surface area contributed by atoms with Crippen molar-refractivity contribution in [2.45, 2.75) is 62.3 Å². The molecule has 1 amide bonds. The summed E-state index contributed by atoms with van der Waals surface area (Å²) in [6.07, 6.45) is 7.90. The second-order valence-corrected chi connectivity index (χ2v) is 11.1. The fourth-order valence-corrected chi connectivity index (χ4v) is 7.01. The third-order valence-electron chi connectivity index (χ3n) is 6.14. The molecule has 1 aromatic heterocycles. The fourth-order valence-electron chi connectivity index (χ4n) is 4.36. The topological polar surface area (TPSA) is 90.3 Å². The molecule has 4 rings (SSSR count). The molecule has 0 bridgehead atoms. The summed E-state index contributed by atoms with van der Waals surface area (Å²) in [5.74, 6) is -0.335. The van der Waals surface area contributed by atoms with Crippen LogP contribution in [0, 0.1) is 11.3 Å². The number of benzene rings is 1. The second-order valence-electron chi connectivity index (χ2n) is 7.96. The summed E-state index contributed by atoms with van der Waals surface area (Å²) in [7, 11) is -1.94. The minimum Gasteiger partial charge on any atom is -0.312 e. The van der Waals surface area contributed by atoms with Crippen LogP contribution in [-0.2, 0) is 22.9 Å². The van der Waals surface area contributed by atoms with Crippen molar-refractivity contribution in [2.24, 2.45) is 0 Å². The molecule has 1 saturated carbocycles. The highest BCUT2D eigenvalue weighted by atomic mass is 32.2. The zero-order valence-corrected chi connectivity index (χ0v) is 18.6. The Morgan fingerprint density at radius 2 is 1.80 bits per heavy atom. The number of hydrogen-bond acceptors (Lipinski definition) is 5. The second kappa shape index (κ2) is 8.50. The first-order valence-electron chi connectivity index (χ1n) is 10.4. The van der Waals surface area contributed by atoms with E-state index in [9.17, 15) is 18.5 Å². The van der Waals surface area contributed by atoms with Gasteiger partial charge in [-0.15, -0.1) is 11.3 Å². The number of nitrogens with zero attached hydrogens (tertiary/aromatic N) is 2. The highest BCUT2D eigenvalue weighted by Gasteiger charge is 2.30. The van der Waals surface area contributed by atoms with Gasteiger partial charge in [0.25, 0.3) is 5.91 Å². The van der Waals surface area contributed by atoms with Gasteiger partial charge in [-0.3, -0.25) is 4.79 Å². The Hall–Kier alpha value is -2.21. The van der Waals surface area contributed by atoms with Gasteiger partial charge in [0, 0.05) is 23.5 Å². The van der Waals surface area contributed by atoms with Crippen LogP contribution in [0.1, 0.15) is 64.9 Å². The summed E-state index contributed by atoms with van der Waals surface area (Å²) >= 11 is 1.48. The predicted molar refractivity (Wildman–Crippen MR) is 117 cm³/mol. The first-order valence-corrected chi connectivity index (χ1v) is 12.6. The van der Waals surface area contributed by atoms with Gasteiger partial charge in [0.15, 0.2) is 0 Å². The van der Waals surface area contributed by atoms with Crippen molar-refractivity contribution in [3.05, 3.63) is 45.8 Å². The summed E-state index contributed by atoms with van der Waals surface area (Å²) < 4.78 is 27.2.